The molecule has 0 aliphatic heterocycles. The van der Waals surface area contributed by atoms with Crippen LogP contribution in [0.2, 0.25) is 0 Å². The summed E-state index contributed by atoms with van der Waals surface area (Å²) in [6.07, 6.45) is 2.49. The second kappa shape index (κ2) is 5.86. The molecule has 0 bridgehead atoms. The van der Waals surface area contributed by atoms with E-state index < -0.39 is 0 Å². The minimum absolute atomic E-state index is 0.0838. The molecular weight excluding hydrogens is 252 g/mol. The Hall–Kier alpha value is -2.17. The number of rotatable bonds is 4. The number of hydrogen-bond acceptors (Lipinski definition) is 3. The third kappa shape index (κ3) is 2.87. The first kappa shape index (κ1) is 14.2. The Morgan fingerprint density at radius 1 is 1.45 bits per heavy atom. The van der Waals surface area contributed by atoms with E-state index in [-0.39, 0.29) is 11.9 Å². The number of hydrogen-bond donors (Lipinski definition) is 2. The van der Waals surface area contributed by atoms with Crippen molar-refractivity contribution in [2.45, 2.75) is 40.2 Å². The van der Waals surface area contributed by atoms with Gasteiger partial charge >= 0.3 is 0 Å². The van der Waals surface area contributed by atoms with Gasteiger partial charge in [0.05, 0.1) is 11.7 Å². The van der Waals surface area contributed by atoms with Crippen LogP contribution in [0.4, 0.5) is 0 Å². The largest absolute Gasteiger partial charge is 0.345 e. The summed E-state index contributed by atoms with van der Waals surface area (Å²) >= 11 is 0. The first-order valence-corrected chi connectivity index (χ1v) is 6.80. The first-order chi connectivity index (χ1) is 9.52. The van der Waals surface area contributed by atoms with E-state index in [1.807, 2.05) is 33.8 Å². The molecule has 5 heteroatoms. The van der Waals surface area contributed by atoms with Gasteiger partial charge < -0.3 is 5.32 Å². The molecule has 20 heavy (non-hydrogen) atoms. The number of amides is 1. The number of carbonyl (C=O) groups is 1. The maximum atomic E-state index is 12.3. The van der Waals surface area contributed by atoms with Crippen molar-refractivity contribution in [2.24, 2.45) is 0 Å². The highest BCUT2D eigenvalue weighted by Gasteiger charge is 2.17. The Morgan fingerprint density at radius 2 is 2.20 bits per heavy atom. The molecular formula is C15H20N4O. The summed E-state index contributed by atoms with van der Waals surface area (Å²) in [5, 5.41) is 10.1. The van der Waals surface area contributed by atoms with Crippen molar-refractivity contribution in [3.8, 4) is 0 Å². The van der Waals surface area contributed by atoms with Gasteiger partial charge in [-0.1, -0.05) is 6.92 Å². The number of nitrogens with zero attached hydrogens (tertiary/aromatic N) is 2. The van der Waals surface area contributed by atoms with Crippen molar-refractivity contribution in [2.75, 3.05) is 0 Å². The second-order valence-electron chi connectivity index (χ2n) is 4.93. The van der Waals surface area contributed by atoms with Crippen molar-refractivity contribution in [1.82, 2.24) is 20.5 Å². The molecule has 2 aromatic heterocycles. The van der Waals surface area contributed by atoms with E-state index >= 15 is 0 Å². The molecule has 1 unspecified atom stereocenters. The zero-order chi connectivity index (χ0) is 14.7. The summed E-state index contributed by atoms with van der Waals surface area (Å²) in [7, 11) is 0. The van der Waals surface area contributed by atoms with E-state index in [1.54, 1.807) is 12.3 Å². The van der Waals surface area contributed by atoms with Gasteiger partial charge in [-0.3, -0.25) is 14.9 Å². The van der Waals surface area contributed by atoms with Crippen LogP contribution >= 0.6 is 0 Å². The topological polar surface area (TPSA) is 70.7 Å². The van der Waals surface area contributed by atoms with E-state index in [0.717, 1.165) is 29.1 Å². The van der Waals surface area contributed by atoms with E-state index in [2.05, 4.69) is 20.5 Å². The molecule has 0 aliphatic carbocycles. The van der Waals surface area contributed by atoms with Crippen LogP contribution in [0, 0.1) is 13.8 Å². The number of aryl methyl sites for hydroxylation is 3. The molecule has 0 aromatic carbocycles. The Balaban J connectivity index is 2.15. The summed E-state index contributed by atoms with van der Waals surface area (Å²) in [5.74, 6) is -0.0883. The summed E-state index contributed by atoms with van der Waals surface area (Å²) in [5.41, 5.74) is 4.50. The van der Waals surface area contributed by atoms with Crippen molar-refractivity contribution < 1.29 is 4.79 Å². The lowest BCUT2D eigenvalue weighted by Crippen LogP contribution is -2.27. The zero-order valence-electron chi connectivity index (χ0n) is 12.3. The van der Waals surface area contributed by atoms with Crippen LogP contribution in [0.5, 0.6) is 0 Å². The Labute approximate surface area is 118 Å². The molecule has 0 saturated carbocycles. The van der Waals surface area contributed by atoms with Gasteiger partial charge in [0.2, 0.25) is 0 Å². The van der Waals surface area contributed by atoms with Gasteiger partial charge in [-0.05, 0) is 39.3 Å². The normalized spacial score (nSPS) is 12.2. The molecule has 2 N–H and O–H groups in total. The first-order valence-electron chi connectivity index (χ1n) is 6.80. The van der Waals surface area contributed by atoms with Crippen LogP contribution < -0.4 is 5.32 Å². The van der Waals surface area contributed by atoms with E-state index in [9.17, 15) is 4.79 Å². The lowest BCUT2D eigenvalue weighted by molar-refractivity contribution is 0.0939. The SMILES string of the molecule is CCc1cc(C(=O)NC(C)c2c(C)n[nH]c2C)ccn1. The number of aromatic amines is 1. The predicted octanol–water partition coefficient (Wildman–Crippen LogP) is 2.47. The van der Waals surface area contributed by atoms with E-state index in [1.165, 1.54) is 0 Å². The summed E-state index contributed by atoms with van der Waals surface area (Å²) in [4.78, 5) is 16.5. The van der Waals surface area contributed by atoms with Gasteiger partial charge in [0, 0.05) is 28.7 Å². The van der Waals surface area contributed by atoms with Crippen LogP contribution in [0.3, 0.4) is 0 Å². The van der Waals surface area contributed by atoms with E-state index in [4.69, 9.17) is 0 Å². The third-order valence-corrected chi connectivity index (χ3v) is 3.41. The van der Waals surface area contributed by atoms with Crippen molar-refractivity contribution in [1.29, 1.82) is 0 Å². The average Bonchev–Trinajstić information content (AvgIpc) is 2.78. The molecule has 0 fully saturated rings. The minimum atomic E-state index is -0.0883. The zero-order valence-corrected chi connectivity index (χ0v) is 12.3. The number of aromatic nitrogens is 3. The highest BCUT2D eigenvalue weighted by molar-refractivity contribution is 5.94. The molecule has 2 heterocycles. The molecule has 1 amide bonds. The van der Waals surface area contributed by atoms with Gasteiger partial charge in [-0.25, -0.2) is 0 Å². The lowest BCUT2D eigenvalue weighted by Gasteiger charge is -2.14. The Kier molecular flexibility index (Phi) is 4.17. The molecule has 106 valence electrons. The summed E-state index contributed by atoms with van der Waals surface area (Å²) in [6, 6.07) is 3.48. The number of pyridine rings is 1. The van der Waals surface area contributed by atoms with Gasteiger partial charge in [0.15, 0.2) is 0 Å². The summed E-state index contributed by atoms with van der Waals surface area (Å²) < 4.78 is 0. The maximum absolute atomic E-state index is 12.3. The van der Waals surface area contributed by atoms with Gasteiger partial charge in [0.25, 0.3) is 5.91 Å². The predicted molar refractivity (Wildman–Crippen MR) is 77.6 cm³/mol. The molecule has 2 rings (SSSR count). The summed E-state index contributed by atoms with van der Waals surface area (Å²) in [6.45, 7) is 7.87. The fraction of sp³-hybridized carbons (Fsp3) is 0.400. The van der Waals surface area contributed by atoms with Crippen molar-refractivity contribution in [3.63, 3.8) is 0 Å². The van der Waals surface area contributed by atoms with Crippen LogP contribution in [-0.2, 0) is 6.42 Å². The van der Waals surface area contributed by atoms with Gasteiger partial charge in [0.1, 0.15) is 0 Å². The number of H-pyrrole nitrogens is 1. The lowest BCUT2D eigenvalue weighted by atomic mass is 10.1. The second-order valence-corrected chi connectivity index (χ2v) is 4.93. The number of carbonyl (C=O) groups excluding carboxylic acids is 1. The third-order valence-electron chi connectivity index (χ3n) is 3.41. The standard InChI is InChI=1S/C15H20N4O/c1-5-13-8-12(6-7-16-13)15(20)17-9(2)14-10(3)18-19-11(14)4/h6-9H,5H2,1-4H3,(H,17,20)(H,18,19). The molecule has 0 radical (unpaired) electrons. The van der Waals surface area contributed by atoms with Crippen LogP contribution in [0.1, 0.15) is 52.9 Å². The monoisotopic (exact) mass is 272 g/mol. The Bertz CT molecular complexity index is 599. The minimum Gasteiger partial charge on any atom is -0.345 e. The molecule has 5 nitrogen and oxygen atoms in total. The fourth-order valence-corrected chi connectivity index (χ4v) is 2.36. The molecule has 1 atom stereocenters. The Morgan fingerprint density at radius 3 is 2.80 bits per heavy atom. The molecule has 0 spiro atoms. The number of nitrogens with one attached hydrogen (secondary N) is 2. The van der Waals surface area contributed by atoms with E-state index in [0.29, 0.717) is 5.56 Å². The van der Waals surface area contributed by atoms with Gasteiger partial charge in [-0.2, -0.15) is 5.10 Å². The van der Waals surface area contributed by atoms with Gasteiger partial charge in [-0.15, -0.1) is 0 Å². The van der Waals surface area contributed by atoms with Crippen molar-refractivity contribution >= 4 is 5.91 Å². The highest BCUT2D eigenvalue weighted by atomic mass is 16.1. The average molecular weight is 272 g/mol. The molecule has 2 aromatic rings. The van der Waals surface area contributed by atoms with Crippen LogP contribution in [-0.4, -0.2) is 21.1 Å². The quantitative estimate of drug-likeness (QED) is 0.898. The van der Waals surface area contributed by atoms with Crippen molar-refractivity contribution in [3.05, 3.63) is 46.5 Å². The maximum Gasteiger partial charge on any atom is 0.251 e. The van der Waals surface area contributed by atoms with Crippen LogP contribution in [0.15, 0.2) is 18.3 Å². The van der Waals surface area contributed by atoms with Crippen LogP contribution in [0.25, 0.3) is 0 Å². The highest BCUT2D eigenvalue weighted by Crippen LogP contribution is 2.19. The molecule has 0 aliphatic rings. The smallest absolute Gasteiger partial charge is 0.251 e. The molecule has 0 saturated heterocycles. The fourth-order valence-electron chi connectivity index (χ4n) is 2.36.